The van der Waals surface area contributed by atoms with E-state index in [4.69, 9.17) is 16.3 Å². The molecular weight excluding hydrogens is 502 g/mol. The number of carbonyl (C=O) groups excluding carboxylic acids is 2. The number of benzene rings is 2. The van der Waals surface area contributed by atoms with Crippen LogP contribution in [-0.2, 0) is 26.2 Å². The van der Waals surface area contributed by atoms with E-state index in [2.05, 4.69) is 5.32 Å². The maximum atomic E-state index is 13.3. The zero-order valence-electron chi connectivity index (χ0n) is 21.4. The summed E-state index contributed by atoms with van der Waals surface area (Å²) in [5.41, 5.74) is 1.27. The lowest BCUT2D eigenvalue weighted by atomic mass is 10.1. The number of amides is 2. The summed E-state index contributed by atoms with van der Waals surface area (Å²) < 4.78 is 31.3. The van der Waals surface area contributed by atoms with E-state index in [9.17, 15) is 18.0 Å². The zero-order chi connectivity index (χ0) is 26.7. The molecule has 2 rings (SSSR count). The Morgan fingerprint density at radius 2 is 1.83 bits per heavy atom. The molecule has 10 heteroatoms. The van der Waals surface area contributed by atoms with Gasteiger partial charge < -0.3 is 15.0 Å². The maximum absolute atomic E-state index is 13.3. The van der Waals surface area contributed by atoms with Gasteiger partial charge in [-0.1, -0.05) is 43.1 Å². The van der Waals surface area contributed by atoms with Gasteiger partial charge >= 0.3 is 0 Å². The number of rotatable bonds is 14. The number of anilines is 1. The van der Waals surface area contributed by atoms with Gasteiger partial charge in [-0.15, -0.1) is 0 Å². The number of hydrogen-bond acceptors (Lipinski definition) is 5. The molecule has 1 N–H and O–H groups in total. The highest BCUT2D eigenvalue weighted by Crippen LogP contribution is 2.23. The summed E-state index contributed by atoms with van der Waals surface area (Å²) >= 11 is 6.04. The Bertz CT molecular complexity index is 1130. The average molecular weight is 538 g/mol. The van der Waals surface area contributed by atoms with Crippen molar-refractivity contribution in [3.63, 3.8) is 0 Å². The van der Waals surface area contributed by atoms with Gasteiger partial charge in [0.25, 0.3) is 0 Å². The first-order valence-electron chi connectivity index (χ1n) is 12.0. The molecule has 0 spiro atoms. The van der Waals surface area contributed by atoms with Crippen LogP contribution in [0.5, 0.6) is 5.75 Å². The number of nitrogens with one attached hydrogen (secondary N) is 1. The fourth-order valence-corrected chi connectivity index (χ4v) is 4.86. The molecule has 0 aliphatic carbocycles. The quantitative estimate of drug-likeness (QED) is 0.364. The molecule has 0 aliphatic rings. The van der Waals surface area contributed by atoms with Gasteiger partial charge in [0.2, 0.25) is 21.8 Å². The highest BCUT2D eigenvalue weighted by Gasteiger charge is 2.26. The largest absolute Gasteiger partial charge is 0.497 e. The molecule has 8 nitrogen and oxygen atoms in total. The normalized spacial score (nSPS) is 12.0. The van der Waals surface area contributed by atoms with Crippen LogP contribution >= 0.6 is 11.6 Å². The van der Waals surface area contributed by atoms with Gasteiger partial charge in [0.05, 0.1) is 19.1 Å². The molecule has 0 unspecified atom stereocenters. The Kier molecular flexibility index (Phi) is 11.5. The molecule has 0 radical (unpaired) electrons. The van der Waals surface area contributed by atoms with E-state index in [0.29, 0.717) is 23.0 Å². The fraction of sp³-hybridized carbons (Fsp3) is 0.462. The number of carbonyl (C=O) groups is 2. The molecule has 1 atom stereocenters. The fourth-order valence-electron chi connectivity index (χ4n) is 3.72. The Hall–Kier alpha value is -2.78. The third kappa shape index (κ3) is 9.02. The molecule has 0 heterocycles. The molecule has 0 bridgehead atoms. The number of ether oxygens (including phenoxy) is 1. The van der Waals surface area contributed by atoms with Gasteiger partial charge in [0, 0.05) is 31.1 Å². The predicted octanol–water partition coefficient (Wildman–Crippen LogP) is 4.23. The highest BCUT2D eigenvalue weighted by molar-refractivity contribution is 7.92. The first kappa shape index (κ1) is 29.5. The topological polar surface area (TPSA) is 96.0 Å². The van der Waals surface area contributed by atoms with Crippen LogP contribution in [0.25, 0.3) is 0 Å². The minimum atomic E-state index is -3.58. The maximum Gasteiger partial charge on any atom is 0.242 e. The number of methoxy groups -OCH3 is 1. The van der Waals surface area contributed by atoms with Crippen LogP contribution in [0.2, 0.25) is 5.02 Å². The molecule has 198 valence electrons. The Balaban J connectivity index is 2.16. The van der Waals surface area contributed by atoms with E-state index >= 15 is 0 Å². The molecule has 2 aromatic carbocycles. The number of sulfonamides is 1. The Morgan fingerprint density at radius 1 is 1.11 bits per heavy atom. The van der Waals surface area contributed by atoms with Crippen molar-refractivity contribution in [1.82, 2.24) is 10.2 Å². The van der Waals surface area contributed by atoms with E-state index in [1.54, 1.807) is 38.3 Å². The predicted molar refractivity (Wildman–Crippen MR) is 144 cm³/mol. The van der Waals surface area contributed by atoms with E-state index in [0.717, 1.165) is 24.7 Å². The van der Waals surface area contributed by atoms with Crippen LogP contribution in [0.4, 0.5) is 5.69 Å². The van der Waals surface area contributed by atoms with Crippen molar-refractivity contribution in [1.29, 1.82) is 0 Å². The summed E-state index contributed by atoms with van der Waals surface area (Å²) in [6.45, 7) is 4.62. The minimum Gasteiger partial charge on any atom is -0.497 e. The SMILES string of the molecule is CCCCNC(=O)[C@@H](C)N(Cc1cccc(OC)c1)C(=O)CCCN(c1cccc(Cl)c1)S(C)(=O)=O. The van der Waals surface area contributed by atoms with Gasteiger partial charge in [-0.3, -0.25) is 13.9 Å². The van der Waals surface area contributed by atoms with E-state index < -0.39 is 16.1 Å². The van der Waals surface area contributed by atoms with Crippen molar-refractivity contribution in [3.05, 3.63) is 59.1 Å². The number of hydrogen-bond donors (Lipinski definition) is 1. The van der Waals surface area contributed by atoms with E-state index in [-0.39, 0.29) is 37.7 Å². The number of halogens is 1. The monoisotopic (exact) mass is 537 g/mol. The third-order valence-electron chi connectivity index (χ3n) is 5.73. The van der Waals surface area contributed by atoms with Crippen LogP contribution in [-0.4, -0.2) is 57.6 Å². The molecule has 0 saturated carbocycles. The van der Waals surface area contributed by atoms with Gasteiger partial charge in [-0.05, 0) is 55.7 Å². The molecule has 2 amide bonds. The lowest BCUT2D eigenvalue weighted by Gasteiger charge is -2.29. The molecule has 2 aromatic rings. The molecule has 0 fully saturated rings. The summed E-state index contributed by atoms with van der Waals surface area (Å²) in [4.78, 5) is 27.6. The molecule has 0 aromatic heterocycles. The smallest absolute Gasteiger partial charge is 0.242 e. The van der Waals surface area contributed by atoms with Gasteiger partial charge in [-0.25, -0.2) is 8.42 Å². The third-order valence-corrected chi connectivity index (χ3v) is 7.16. The first-order valence-corrected chi connectivity index (χ1v) is 14.2. The second kappa shape index (κ2) is 14.1. The van der Waals surface area contributed by atoms with Crippen LogP contribution < -0.4 is 14.4 Å². The minimum absolute atomic E-state index is 0.0726. The molecule has 36 heavy (non-hydrogen) atoms. The summed E-state index contributed by atoms with van der Waals surface area (Å²) in [6, 6.07) is 13.2. The van der Waals surface area contributed by atoms with Crippen molar-refractivity contribution >= 4 is 39.1 Å². The zero-order valence-corrected chi connectivity index (χ0v) is 22.9. The van der Waals surface area contributed by atoms with E-state index in [1.807, 2.05) is 31.2 Å². The summed E-state index contributed by atoms with van der Waals surface area (Å²) in [6.07, 6.45) is 3.27. The van der Waals surface area contributed by atoms with Crippen molar-refractivity contribution in [2.75, 3.05) is 30.8 Å². The van der Waals surface area contributed by atoms with Crippen molar-refractivity contribution in [3.8, 4) is 5.75 Å². The van der Waals surface area contributed by atoms with E-state index in [1.165, 1.54) is 9.21 Å². The van der Waals surface area contributed by atoms with Crippen LogP contribution in [0.3, 0.4) is 0 Å². The second-order valence-electron chi connectivity index (χ2n) is 8.61. The highest BCUT2D eigenvalue weighted by atomic mass is 35.5. The summed E-state index contributed by atoms with van der Waals surface area (Å²) in [5, 5.41) is 3.31. The van der Waals surface area contributed by atoms with Crippen LogP contribution in [0.15, 0.2) is 48.5 Å². The Labute approximate surface area is 219 Å². The Morgan fingerprint density at radius 3 is 2.47 bits per heavy atom. The molecule has 0 saturated heterocycles. The standard InChI is InChI=1S/C26H36ClN3O5S/c1-5-6-15-28-26(32)20(2)29(19-21-10-7-13-24(17-21)35-3)25(31)14-9-16-30(36(4,33)34)23-12-8-11-22(27)18-23/h7-8,10-13,17-18,20H,5-6,9,14-16,19H2,1-4H3,(H,28,32)/t20-/m1/s1. The van der Waals surface area contributed by atoms with Crippen LogP contribution in [0.1, 0.15) is 45.1 Å². The first-order chi connectivity index (χ1) is 17.1. The summed E-state index contributed by atoms with van der Waals surface area (Å²) in [5.74, 6) is 0.192. The molecular formula is C26H36ClN3O5S. The lowest BCUT2D eigenvalue weighted by Crippen LogP contribution is -2.48. The number of unbranched alkanes of at least 4 members (excludes halogenated alkanes) is 1. The van der Waals surface area contributed by atoms with Crippen LogP contribution in [0, 0.1) is 0 Å². The van der Waals surface area contributed by atoms with Gasteiger partial charge in [0.1, 0.15) is 11.8 Å². The van der Waals surface area contributed by atoms with Crippen molar-refractivity contribution < 1.29 is 22.7 Å². The lowest BCUT2D eigenvalue weighted by molar-refractivity contribution is -0.140. The molecule has 0 aliphatic heterocycles. The van der Waals surface area contributed by atoms with Crippen molar-refractivity contribution in [2.45, 2.75) is 52.1 Å². The average Bonchev–Trinajstić information content (AvgIpc) is 2.84. The second-order valence-corrected chi connectivity index (χ2v) is 11.0. The van der Waals surface area contributed by atoms with Crippen molar-refractivity contribution in [2.24, 2.45) is 0 Å². The summed E-state index contributed by atoms with van der Waals surface area (Å²) in [7, 11) is -2.01. The van der Waals surface area contributed by atoms with Gasteiger partial charge in [-0.2, -0.15) is 0 Å². The number of nitrogens with zero attached hydrogens (tertiary/aromatic N) is 2. The van der Waals surface area contributed by atoms with Gasteiger partial charge in [0.15, 0.2) is 0 Å².